The Kier molecular flexibility index (Phi) is 5.69. The Labute approximate surface area is 170 Å². The number of hydrogen-bond donors (Lipinski definition) is 0. The van der Waals surface area contributed by atoms with Crippen molar-refractivity contribution in [2.45, 2.75) is 32.7 Å². The van der Waals surface area contributed by atoms with Crippen molar-refractivity contribution in [3.8, 4) is 11.5 Å². The van der Waals surface area contributed by atoms with Crippen molar-refractivity contribution in [1.29, 1.82) is 0 Å². The third-order valence-corrected chi connectivity index (χ3v) is 6.98. The molecule has 3 nitrogen and oxygen atoms in total. The van der Waals surface area contributed by atoms with Crippen LogP contribution in [0.15, 0.2) is 35.3 Å². The van der Waals surface area contributed by atoms with Gasteiger partial charge >= 0.3 is 0 Å². The number of aliphatic imine (C=N–C) groups is 1. The maximum Gasteiger partial charge on any atom is 0.130 e. The molecule has 0 unspecified atom stereocenters. The number of ether oxygens (including phenoxy) is 1. The predicted molar refractivity (Wildman–Crippen MR) is 117 cm³/mol. The summed E-state index contributed by atoms with van der Waals surface area (Å²) < 4.78 is 8.52. The molecule has 2 aromatic carbocycles. The summed E-state index contributed by atoms with van der Waals surface area (Å²) in [6.07, 6.45) is 4.51. The Balaban J connectivity index is 1.79. The lowest BCUT2D eigenvalue weighted by molar-refractivity contribution is 0.478. The van der Waals surface area contributed by atoms with Gasteiger partial charge in [-0.1, -0.05) is 0 Å². The predicted octanol–water partition coefficient (Wildman–Crippen LogP) is 6.06. The average Bonchev–Trinajstić information content (AvgIpc) is 3.37. The zero-order valence-corrected chi connectivity index (χ0v) is 18.3. The van der Waals surface area contributed by atoms with Crippen molar-refractivity contribution < 1.29 is 4.74 Å². The highest BCUT2D eigenvalue weighted by atomic mass is 127. The van der Waals surface area contributed by atoms with Crippen LogP contribution in [0.2, 0.25) is 0 Å². The van der Waals surface area contributed by atoms with Gasteiger partial charge in [-0.15, -0.1) is 0 Å². The van der Waals surface area contributed by atoms with Gasteiger partial charge in [0.2, 0.25) is 0 Å². The van der Waals surface area contributed by atoms with Crippen LogP contribution < -0.4 is 4.74 Å². The molecule has 0 atom stereocenters. The van der Waals surface area contributed by atoms with E-state index in [-0.39, 0.29) is 0 Å². The number of nitrogens with zero attached hydrogens (tertiary/aromatic N) is 2. The fourth-order valence-electron chi connectivity index (χ4n) is 2.42. The van der Waals surface area contributed by atoms with Crippen LogP contribution in [0.3, 0.4) is 0 Å². The molecule has 1 fully saturated rings. The van der Waals surface area contributed by atoms with E-state index in [2.05, 4.69) is 100 Å². The van der Waals surface area contributed by atoms with Gasteiger partial charge in [0, 0.05) is 20.2 Å². The van der Waals surface area contributed by atoms with E-state index in [1.807, 2.05) is 12.4 Å². The van der Waals surface area contributed by atoms with Gasteiger partial charge < -0.3 is 9.64 Å². The smallest absolute Gasteiger partial charge is 0.130 e. The molecule has 1 saturated carbocycles. The molecule has 1 aliphatic rings. The molecule has 5 heteroatoms. The summed E-state index contributed by atoms with van der Waals surface area (Å²) in [6.45, 7) is 4.14. The molecule has 3 rings (SSSR count). The third kappa shape index (κ3) is 4.41. The van der Waals surface area contributed by atoms with E-state index in [4.69, 9.17) is 4.74 Å². The van der Waals surface area contributed by atoms with Crippen molar-refractivity contribution in [2.75, 3.05) is 7.05 Å². The van der Waals surface area contributed by atoms with E-state index in [1.54, 1.807) is 0 Å². The molecule has 0 bridgehead atoms. The Hall–Kier alpha value is -0.830. The first kappa shape index (κ1) is 18.0. The molecule has 24 heavy (non-hydrogen) atoms. The molecule has 0 heterocycles. The number of benzene rings is 2. The average molecular weight is 546 g/mol. The third-order valence-electron chi connectivity index (χ3n) is 4.11. The number of hydrogen-bond acceptors (Lipinski definition) is 2. The van der Waals surface area contributed by atoms with E-state index in [0.29, 0.717) is 6.04 Å². The van der Waals surface area contributed by atoms with E-state index in [1.165, 1.54) is 20.0 Å². The van der Waals surface area contributed by atoms with Gasteiger partial charge in [-0.3, -0.25) is 0 Å². The van der Waals surface area contributed by atoms with Gasteiger partial charge in [-0.2, -0.15) is 0 Å². The minimum absolute atomic E-state index is 0.682. The maximum absolute atomic E-state index is 6.08. The summed E-state index contributed by atoms with van der Waals surface area (Å²) in [5, 5.41) is 0. The van der Waals surface area contributed by atoms with Crippen LogP contribution in [0.5, 0.6) is 11.5 Å². The molecular weight excluding hydrogens is 526 g/mol. The van der Waals surface area contributed by atoms with Gasteiger partial charge in [0.05, 0.1) is 12.0 Å². The van der Waals surface area contributed by atoms with Crippen LogP contribution in [0.25, 0.3) is 0 Å². The van der Waals surface area contributed by atoms with Gasteiger partial charge in [0.15, 0.2) is 0 Å². The monoisotopic (exact) mass is 546 g/mol. The van der Waals surface area contributed by atoms with Crippen LogP contribution >= 0.6 is 45.2 Å². The lowest BCUT2D eigenvalue weighted by Crippen LogP contribution is -2.17. The van der Waals surface area contributed by atoms with Crippen molar-refractivity contribution in [1.82, 2.24) is 4.90 Å². The highest BCUT2D eigenvalue weighted by Crippen LogP contribution is 2.33. The minimum atomic E-state index is 0.682. The summed E-state index contributed by atoms with van der Waals surface area (Å²) in [4.78, 5) is 6.85. The van der Waals surface area contributed by atoms with Crippen molar-refractivity contribution in [3.63, 3.8) is 0 Å². The molecule has 0 spiro atoms. The first-order valence-corrected chi connectivity index (χ1v) is 10.1. The number of aryl methyl sites for hydroxylation is 2. The molecule has 0 amide bonds. The Morgan fingerprint density at radius 2 is 1.83 bits per heavy atom. The fraction of sp³-hybridized carbons (Fsp3) is 0.316. The Bertz CT molecular complexity index is 785. The second-order valence-corrected chi connectivity index (χ2v) is 8.55. The molecule has 0 aromatic heterocycles. The highest BCUT2D eigenvalue weighted by molar-refractivity contribution is 14.1. The van der Waals surface area contributed by atoms with E-state index < -0.39 is 0 Å². The highest BCUT2D eigenvalue weighted by Gasteiger charge is 2.24. The number of halogens is 2. The van der Waals surface area contributed by atoms with Crippen LogP contribution in [-0.2, 0) is 0 Å². The fourth-order valence-corrected chi connectivity index (χ4v) is 3.24. The van der Waals surface area contributed by atoms with Crippen LogP contribution in [-0.4, -0.2) is 24.3 Å². The summed E-state index contributed by atoms with van der Waals surface area (Å²) >= 11 is 4.66. The molecule has 126 valence electrons. The zero-order chi connectivity index (χ0) is 17.3. The molecule has 2 aromatic rings. The summed E-state index contributed by atoms with van der Waals surface area (Å²) in [5.74, 6) is 1.76. The SMILES string of the molecule is Cc1cc(Oc2ccc(I)c(I)c2)c(C)cc1N=CN(C)C1CC1. The maximum atomic E-state index is 6.08. The van der Waals surface area contributed by atoms with Gasteiger partial charge in [0.1, 0.15) is 11.5 Å². The molecular formula is C19H20I2N2O. The van der Waals surface area contributed by atoms with Crippen LogP contribution in [0, 0.1) is 21.0 Å². The molecule has 0 aliphatic heterocycles. The first-order chi connectivity index (χ1) is 11.4. The van der Waals surface area contributed by atoms with E-state index in [9.17, 15) is 0 Å². The topological polar surface area (TPSA) is 24.8 Å². The quantitative estimate of drug-likeness (QED) is 0.259. The van der Waals surface area contributed by atoms with E-state index in [0.717, 1.165) is 28.3 Å². The van der Waals surface area contributed by atoms with Gasteiger partial charge in [-0.05, 0) is 113 Å². The Morgan fingerprint density at radius 1 is 1.08 bits per heavy atom. The van der Waals surface area contributed by atoms with Crippen molar-refractivity contribution in [3.05, 3.63) is 48.6 Å². The van der Waals surface area contributed by atoms with Gasteiger partial charge in [-0.25, -0.2) is 4.99 Å². The summed E-state index contributed by atoms with van der Waals surface area (Å²) in [6, 6.07) is 11.0. The summed E-state index contributed by atoms with van der Waals surface area (Å²) in [5.41, 5.74) is 3.22. The largest absolute Gasteiger partial charge is 0.457 e. The van der Waals surface area contributed by atoms with Gasteiger partial charge in [0.25, 0.3) is 0 Å². The second kappa shape index (κ2) is 7.59. The standard InChI is InChI=1S/C19H20I2N2O/c1-12-9-19(24-15-6-7-16(20)17(21)10-15)13(2)8-18(12)22-11-23(3)14-4-5-14/h6-11,14H,4-5H2,1-3H3. The van der Waals surface area contributed by atoms with Crippen LogP contribution in [0.1, 0.15) is 24.0 Å². The lowest BCUT2D eigenvalue weighted by atomic mass is 10.1. The summed E-state index contributed by atoms with van der Waals surface area (Å²) in [7, 11) is 2.10. The number of rotatable bonds is 5. The lowest BCUT2D eigenvalue weighted by Gasteiger charge is -2.13. The van der Waals surface area contributed by atoms with Crippen LogP contribution in [0.4, 0.5) is 5.69 Å². The van der Waals surface area contributed by atoms with Crippen molar-refractivity contribution in [2.24, 2.45) is 4.99 Å². The first-order valence-electron chi connectivity index (χ1n) is 7.94. The normalized spacial score (nSPS) is 14.2. The van der Waals surface area contributed by atoms with E-state index >= 15 is 0 Å². The molecule has 1 aliphatic carbocycles. The van der Waals surface area contributed by atoms with Crippen molar-refractivity contribution >= 4 is 57.2 Å². The Morgan fingerprint density at radius 3 is 2.50 bits per heavy atom. The molecule has 0 radical (unpaired) electrons. The molecule has 0 saturated heterocycles. The minimum Gasteiger partial charge on any atom is -0.457 e. The second-order valence-electron chi connectivity index (χ2n) is 6.22. The molecule has 0 N–H and O–H groups in total. The zero-order valence-electron chi connectivity index (χ0n) is 14.0.